The van der Waals surface area contributed by atoms with Crippen LogP contribution < -0.4 is 9.04 Å². The summed E-state index contributed by atoms with van der Waals surface area (Å²) in [4.78, 5) is 0. The SMILES string of the molecule is O=S(=O)(Cc1ccc(OCC2CO2)c(C(F)(F)F)c1)N(c1ccccc1)c1ccccc1. The molecule has 1 aliphatic rings. The van der Waals surface area contributed by atoms with Crippen LogP contribution in [-0.2, 0) is 26.7 Å². The Balaban J connectivity index is 1.67. The predicted molar refractivity (Wildman–Crippen MR) is 114 cm³/mol. The van der Waals surface area contributed by atoms with Crippen LogP contribution in [0.5, 0.6) is 5.75 Å². The third-order valence-corrected chi connectivity index (χ3v) is 6.46. The number of alkyl halides is 3. The molecule has 168 valence electrons. The second-order valence-corrected chi connectivity index (χ2v) is 9.10. The number of hydrogen-bond acceptors (Lipinski definition) is 4. The summed E-state index contributed by atoms with van der Waals surface area (Å²) in [5.41, 5.74) is -0.237. The monoisotopic (exact) mass is 463 g/mol. The van der Waals surface area contributed by atoms with Gasteiger partial charge in [-0.15, -0.1) is 0 Å². The van der Waals surface area contributed by atoms with Gasteiger partial charge in [0, 0.05) is 0 Å². The van der Waals surface area contributed by atoms with Crippen molar-refractivity contribution < 1.29 is 31.1 Å². The molecule has 1 atom stereocenters. The Hall–Kier alpha value is -3.04. The number of rotatable bonds is 8. The molecule has 1 saturated heterocycles. The van der Waals surface area contributed by atoms with Crippen LogP contribution in [0.3, 0.4) is 0 Å². The fraction of sp³-hybridized carbons (Fsp3) is 0.217. The van der Waals surface area contributed by atoms with Crippen LogP contribution in [0.1, 0.15) is 11.1 Å². The lowest BCUT2D eigenvalue weighted by molar-refractivity contribution is -0.139. The maximum atomic E-state index is 13.6. The van der Waals surface area contributed by atoms with E-state index in [2.05, 4.69) is 0 Å². The Labute approximate surface area is 184 Å². The maximum Gasteiger partial charge on any atom is 0.419 e. The molecule has 1 unspecified atom stereocenters. The normalized spacial score (nSPS) is 15.9. The van der Waals surface area contributed by atoms with E-state index in [0.29, 0.717) is 18.0 Å². The van der Waals surface area contributed by atoms with Crippen molar-refractivity contribution in [2.45, 2.75) is 18.0 Å². The van der Waals surface area contributed by atoms with Crippen molar-refractivity contribution in [2.75, 3.05) is 17.5 Å². The smallest absolute Gasteiger partial charge is 0.419 e. The topological polar surface area (TPSA) is 59.1 Å². The Morgan fingerprint density at radius 1 is 0.938 bits per heavy atom. The van der Waals surface area contributed by atoms with Gasteiger partial charge in [0.25, 0.3) is 0 Å². The minimum atomic E-state index is -4.70. The first-order chi connectivity index (χ1) is 15.2. The van der Waals surface area contributed by atoms with E-state index >= 15 is 0 Å². The van der Waals surface area contributed by atoms with Crippen molar-refractivity contribution in [1.82, 2.24) is 0 Å². The first-order valence-electron chi connectivity index (χ1n) is 9.82. The first kappa shape index (κ1) is 22.2. The molecule has 0 saturated carbocycles. The third kappa shape index (κ3) is 5.23. The molecule has 3 aromatic rings. The van der Waals surface area contributed by atoms with E-state index < -0.39 is 27.5 Å². The van der Waals surface area contributed by atoms with Gasteiger partial charge >= 0.3 is 6.18 Å². The molecule has 1 aliphatic heterocycles. The van der Waals surface area contributed by atoms with Crippen molar-refractivity contribution in [1.29, 1.82) is 0 Å². The minimum absolute atomic E-state index is 0.00390. The molecular formula is C23H20F3NO4S. The summed E-state index contributed by atoms with van der Waals surface area (Å²) in [6.45, 7) is 0.461. The highest BCUT2D eigenvalue weighted by atomic mass is 32.2. The molecule has 9 heteroatoms. The van der Waals surface area contributed by atoms with Crippen LogP contribution in [0.4, 0.5) is 24.5 Å². The molecule has 0 amide bonds. The largest absolute Gasteiger partial charge is 0.490 e. The Morgan fingerprint density at radius 3 is 2.00 bits per heavy atom. The fourth-order valence-corrected chi connectivity index (χ4v) is 4.85. The summed E-state index contributed by atoms with van der Waals surface area (Å²) in [5, 5.41) is 0. The minimum Gasteiger partial charge on any atom is -0.490 e. The lowest BCUT2D eigenvalue weighted by atomic mass is 10.1. The molecule has 0 aliphatic carbocycles. The molecule has 0 radical (unpaired) electrons. The van der Waals surface area contributed by atoms with E-state index in [9.17, 15) is 21.6 Å². The number of para-hydroxylation sites is 2. The lowest BCUT2D eigenvalue weighted by Crippen LogP contribution is -2.27. The summed E-state index contributed by atoms with van der Waals surface area (Å²) in [6.07, 6.45) is -4.90. The summed E-state index contributed by atoms with van der Waals surface area (Å²) in [5.74, 6) is -0.969. The number of hydrogen-bond donors (Lipinski definition) is 0. The van der Waals surface area contributed by atoms with Crippen LogP contribution in [-0.4, -0.2) is 27.7 Å². The van der Waals surface area contributed by atoms with Gasteiger partial charge in [0.2, 0.25) is 10.0 Å². The average Bonchev–Trinajstić information content (AvgIpc) is 3.58. The Bertz CT molecular complexity index is 1130. The fourth-order valence-electron chi connectivity index (χ4n) is 3.23. The van der Waals surface area contributed by atoms with Gasteiger partial charge in [0.1, 0.15) is 18.5 Å². The second kappa shape index (κ2) is 8.84. The van der Waals surface area contributed by atoms with Gasteiger partial charge in [0.15, 0.2) is 0 Å². The maximum absolute atomic E-state index is 13.6. The zero-order valence-electron chi connectivity index (χ0n) is 16.8. The van der Waals surface area contributed by atoms with Gasteiger partial charge in [-0.3, -0.25) is 0 Å². The molecular weight excluding hydrogens is 443 g/mol. The highest BCUT2D eigenvalue weighted by Crippen LogP contribution is 2.38. The van der Waals surface area contributed by atoms with E-state index in [0.717, 1.165) is 16.4 Å². The van der Waals surface area contributed by atoms with Crippen LogP contribution in [0.2, 0.25) is 0 Å². The molecule has 1 fully saturated rings. The standard InChI is InChI=1S/C23H20F3NO4S/c24-23(25,26)21-13-17(11-12-22(21)31-15-20-14-30-20)16-32(28,29)27(18-7-3-1-4-8-18)19-9-5-2-6-10-19/h1-13,20H,14-16H2. The number of sulfonamides is 1. The van der Waals surface area contributed by atoms with Crippen molar-refractivity contribution in [3.8, 4) is 5.75 Å². The van der Waals surface area contributed by atoms with Crippen molar-refractivity contribution in [3.05, 3.63) is 90.0 Å². The van der Waals surface area contributed by atoms with Crippen molar-refractivity contribution >= 4 is 21.4 Å². The zero-order chi connectivity index (χ0) is 22.8. The molecule has 0 N–H and O–H groups in total. The molecule has 0 aromatic heterocycles. The number of ether oxygens (including phenoxy) is 2. The number of benzene rings is 3. The summed E-state index contributed by atoms with van der Waals surface area (Å²) < 4.78 is 78.9. The molecule has 3 aromatic carbocycles. The van der Waals surface area contributed by atoms with Crippen molar-refractivity contribution in [3.63, 3.8) is 0 Å². The molecule has 4 rings (SSSR count). The Kier molecular flexibility index (Phi) is 6.12. The van der Waals surface area contributed by atoms with Crippen LogP contribution in [0.15, 0.2) is 78.9 Å². The number of epoxide rings is 1. The van der Waals surface area contributed by atoms with Gasteiger partial charge in [0.05, 0.1) is 29.3 Å². The molecule has 32 heavy (non-hydrogen) atoms. The van der Waals surface area contributed by atoms with Crippen LogP contribution >= 0.6 is 0 Å². The highest BCUT2D eigenvalue weighted by Gasteiger charge is 2.36. The summed E-state index contributed by atoms with van der Waals surface area (Å²) in [7, 11) is -4.07. The number of halogens is 3. The van der Waals surface area contributed by atoms with E-state index in [1.165, 1.54) is 6.07 Å². The van der Waals surface area contributed by atoms with Gasteiger partial charge in [-0.25, -0.2) is 12.7 Å². The summed E-state index contributed by atoms with van der Waals surface area (Å²) >= 11 is 0. The number of nitrogens with zero attached hydrogens (tertiary/aromatic N) is 1. The lowest BCUT2D eigenvalue weighted by Gasteiger charge is -2.25. The van der Waals surface area contributed by atoms with E-state index in [4.69, 9.17) is 9.47 Å². The molecule has 0 spiro atoms. The zero-order valence-corrected chi connectivity index (χ0v) is 17.6. The molecule has 5 nitrogen and oxygen atoms in total. The van der Waals surface area contributed by atoms with E-state index in [1.54, 1.807) is 60.7 Å². The predicted octanol–water partition coefficient (Wildman–Crippen LogP) is 5.15. The van der Waals surface area contributed by atoms with E-state index in [-0.39, 0.29) is 24.0 Å². The van der Waals surface area contributed by atoms with Gasteiger partial charge in [-0.1, -0.05) is 42.5 Å². The molecule has 1 heterocycles. The average molecular weight is 463 g/mol. The van der Waals surface area contributed by atoms with Gasteiger partial charge < -0.3 is 9.47 Å². The van der Waals surface area contributed by atoms with Crippen LogP contribution in [0, 0.1) is 0 Å². The third-order valence-electron chi connectivity index (χ3n) is 4.79. The van der Waals surface area contributed by atoms with E-state index in [1.807, 2.05) is 0 Å². The number of anilines is 2. The first-order valence-corrected chi connectivity index (χ1v) is 11.4. The highest BCUT2D eigenvalue weighted by molar-refractivity contribution is 7.92. The van der Waals surface area contributed by atoms with Gasteiger partial charge in [-0.05, 0) is 42.0 Å². The Morgan fingerprint density at radius 2 is 1.50 bits per heavy atom. The van der Waals surface area contributed by atoms with Crippen molar-refractivity contribution in [2.24, 2.45) is 0 Å². The quantitative estimate of drug-likeness (QED) is 0.434. The van der Waals surface area contributed by atoms with Crippen LogP contribution in [0.25, 0.3) is 0 Å². The van der Waals surface area contributed by atoms with Gasteiger partial charge in [-0.2, -0.15) is 13.2 Å². The molecule has 0 bridgehead atoms. The summed E-state index contributed by atoms with van der Waals surface area (Å²) in [6, 6.07) is 20.1. The second-order valence-electron chi connectivity index (χ2n) is 7.29.